The van der Waals surface area contributed by atoms with Gasteiger partial charge in [-0.05, 0) is 12.1 Å². The summed E-state index contributed by atoms with van der Waals surface area (Å²) in [6.07, 6.45) is 0. The molecule has 0 saturated heterocycles. The van der Waals surface area contributed by atoms with Gasteiger partial charge in [-0.3, -0.25) is 4.99 Å². The summed E-state index contributed by atoms with van der Waals surface area (Å²) in [7, 11) is 0. The third kappa shape index (κ3) is 2.34. The predicted octanol–water partition coefficient (Wildman–Crippen LogP) is 2.94. The van der Waals surface area contributed by atoms with Crippen molar-refractivity contribution >= 4 is 46.0 Å². The summed E-state index contributed by atoms with van der Waals surface area (Å²) in [5.74, 6) is -0.437. The number of benzene rings is 1. The minimum atomic E-state index is -0.900. The molecule has 1 unspecified atom stereocenters. The highest BCUT2D eigenvalue weighted by atomic mass is 35.5. The number of carboxylic acids is 1. The van der Waals surface area contributed by atoms with Crippen LogP contribution in [0.4, 0.5) is 0 Å². The van der Waals surface area contributed by atoms with Crippen molar-refractivity contribution in [1.29, 1.82) is 0 Å². The highest BCUT2D eigenvalue weighted by molar-refractivity contribution is 8.14. The van der Waals surface area contributed by atoms with E-state index in [1.165, 1.54) is 11.8 Å². The van der Waals surface area contributed by atoms with Gasteiger partial charge in [0.05, 0.1) is 15.1 Å². The van der Waals surface area contributed by atoms with E-state index in [1.807, 2.05) is 0 Å². The lowest BCUT2D eigenvalue weighted by Gasteiger charge is -2.01. The molecule has 0 radical (unpaired) electrons. The average molecular weight is 276 g/mol. The number of hydrogen-bond donors (Lipinski definition) is 1. The highest BCUT2D eigenvalue weighted by Crippen LogP contribution is 2.28. The summed E-state index contributed by atoms with van der Waals surface area (Å²) < 4.78 is 0. The van der Waals surface area contributed by atoms with Crippen molar-refractivity contribution in [3.05, 3.63) is 33.8 Å². The van der Waals surface area contributed by atoms with E-state index in [1.54, 1.807) is 18.2 Å². The Bertz CT molecular complexity index is 476. The number of aliphatic imine (C=N–C) groups is 1. The van der Waals surface area contributed by atoms with Crippen molar-refractivity contribution in [3.8, 4) is 0 Å². The number of nitrogens with zero attached hydrogens (tertiary/aromatic N) is 1. The van der Waals surface area contributed by atoms with Crippen molar-refractivity contribution in [1.82, 2.24) is 0 Å². The maximum absolute atomic E-state index is 10.7. The Labute approximate surface area is 106 Å². The molecule has 84 valence electrons. The molecule has 1 aliphatic rings. The standard InChI is InChI=1S/C10H7Cl2NO2S/c11-6-2-1-5(3-7(6)12)9-13-8(4-16-9)10(14)15/h1-3,8H,4H2,(H,14,15). The van der Waals surface area contributed by atoms with Crippen LogP contribution in [0.25, 0.3) is 0 Å². The van der Waals surface area contributed by atoms with E-state index in [9.17, 15) is 4.79 Å². The van der Waals surface area contributed by atoms with Crippen LogP contribution in [0, 0.1) is 0 Å². The first-order chi connectivity index (χ1) is 7.58. The first kappa shape index (κ1) is 11.8. The van der Waals surface area contributed by atoms with Gasteiger partial charge in [0, 0.05) is 11.3 Å². The fourth-order valence-corrected chi connectivity index (χ4v) is 2.61. The zero-order valence-electron chi connectivity index (χ0n) is 7.98. The summed E-state index contributed by atoms with van der Waals surface area (Å²) in [5, 5.41) is 10.4. The van der Waals surface area contributed by atoms with Crippen LogP contribution < -0.4 is 0 Å². The first-order valence-electron chi connectivity index (χ1n) is 4.47. The molecule has 0 aromatic heterocycles. The number of hydrogen-bond acceptors (Lipinski definition) is 3. The number of halogens is 2. The zero-order chi connectivity index (χ0) is 11.7. The zero-order valence-corrected chi connectivity index (χ0v) is 10.3. The average Bonchev–Trinajstić information content (AvgIpc) is 2.71. The lowest BCUT2D eigenvalue weighted by molar-refractivity contribution is -0.137. The van der Waals surface area contributed by atoms with Crippen molar-refractivity contribution in [3.63, 3.8) is 0 Å². The molecule has 0 amide bonds. The second kappa shape index (κ2) is 4.65. The maximum atomic E-state index is 10.7. The summed E-state index contributed by atoms with van der Waals surface area (Å²) in [6.45, 7) is 0. The van der Waals surface area contributed by atoms with Crippen LogP contribution in [0.5, 0.6) is 0 Å². The van der Waals surface area contributed by atoms with Crippen LogP contribution in [0.15, 0.2) is 23.2 Å². The molecule has 1 aromatic carbocycles. The maximum Gasteiger partial charge on any atom is 0.329 e. The van der Waals surface area contributed by atoms with Gasteiger partial charge in [0.25, 0.3) is 0 Å². The SMILES string of the molecule is O=C(O)C1CSC(c2ccc(Cl)c(Cl)c2)=N1. The molecule has 16 heavy (non-hydrogen) atoms. The van der Waals surface area contributed by atoms with Crippen LogP contribution >= 0.6 is 35.0 Å². The van der Waals surface area contributed by atoms with E-state index in [4.69, 9.17) is 28.3 Å². The summed E-state index contributed by atoms with van der Waals surface area (Å²) in [4.78, 5) is 14.8. The lowest BCUT2D eigenvalue weighted by Crippen LogP contribution is -2.17. The van der Waals surface area contributed by atoms with E-state index < -0.39 is 12.0 Å². The van der Waals surface area contributed by atoms with E-state index in [2.05, 4.69) is 4.99 Å². The molecule has 2 rings (SSSR count). The van der Waals surface area contributed by atoms with Crippen LogP contribution in [0.1, 0.15) is 5.56 Å². The molecule has 0 saturated carbocycles. The first-order valence-corrected chi connectivity index (χ1v) is 6.21. The second-order valence-corrected chi connectivity index (χ2v) is 5.05. The molecule has 3 nitrogen and oxygen atoms in total. The van der Waals surface area contributed by atoms with Crippen molar-refractivity contribution in [2.75, 3.05) is 5.75 Å². The number of thioether (sulfide) groups is 1. The van der Waals surface area contributed by atoms with E-state index in [0.717, 1.165) is 5.56 Å². The topological polar surface area (TPSA) is 49.7 Å². The van der Waals surface area contributed by atoms with Crippen molar-refractivity contribution < 1.29 is 9.90 Å². The Morgan fingerprint density at radius 1 is 1.44 bits per heavy atom. The minimum absolute atomic E-state index is 0.446. The van der Waals surface area contributed by atoms with Gasteiger partial charge in [-0.1, -0.05) is 29.3 Å². The summed E-state index contributed by atoms with van der Waals surface area (Å²) in [6, 6.07) is 4.50. The largest absolute Gasteiger partial charge is 0.480 e. The molecular weight excluding hydrogens is 269 g/mol. The molecular formula is C10H7Cl2NO2S. The predicted molar refractivity (Wildman–Crippen MR) is 66.9 cm³/mol. The number of carboxylic acid groups (broad SMARTS) is 1. The van der Waals surface area contributed by atoms with Gasteiger partial charge in [0.1, 0.15) is 0 Å². The van der Waals surface area contributed by atoms with Gasteiger partial charge >= 0.3 is 5.97 Å². The Kier molecular flexibility index (Phi) is 3.42. The van der Waals surface area contributed by atoms with Crippen molar-refractivity contribution in [2.45, 2.75) is 6.04 Å². The van der Waals surface area contributed by atoms with E-state index >= 15 is 0 Å². The molecule has 1 aliphatic heterocycles. The molecule has 0 bridgehead atoms. The minimum Gasteiger partial charge on any atom is -0.480 e. The molecule has 6 heteroatoms. The van der Waals surface area contributed by atoms with Gasteiger partial charge < -0.3 is 5.11 Å². The molecule has 1 heterocycles. The Morgan fingerprint density at radius 2 is 2.19 bits per heavy atom. The number of carbonyl (C=O) groups is 1. The summed E-state index contributed by atoms with van der Waals surface area (Å²) >= 11 is 13.1. The van der Waals surface area contributed by atoms with E-state index in [0.29, 0.717) is 20.8 Å². The molecule has 0 aliphatic carbocycles. The van der Waals surface area contributed by atoms with Crippen LogP contribution in [-0.4, -0.2) is 27.9 Å². The highest BCUT2D eigenvalue weighted by Gasteiger charge is 2.25. The molecule has 0 spiro atoms. The smallest absolute Gasteiger partial charge is 0.329 e. The Hall–Kier alpha value is -0.710. The van der Waals surface area contributed by atoms with Gasteiger partial charge in [0.15, 0.2) is 6.04 Å². The van der Waals surface area contributed by atoms with Gasteiger partial charge in [-0.25, -0.2) is 4.79 Å². The monoisotopic (exact) mass is 275 g/mol. The second-order valence-electron chi connectivity index (χ2n) is 3.23. The quantitative estimate of drug-likeness (QED) is 0.903. The van der Waals surface area contributed by atoms with Crippen molar-refractivity contribution in [2.24, 2.45) is 4.99 Å². The van der Waals surface area contributed by atoms with Crippen LogP contribution in [0.2, 0.25) is 10.0 Å². The summed E-state index contributed by atoms with van der Waals surface area (Å²) in [5.41, 5.74) is 0.808. The van der Waals surface area contributed by atoms with Gasteiger partial charge in [0.2, 0.25) is 0 Å². The van der Waals surface area contributed by atoms with Crippen LogP contribution in [-0.2, 0) is 4.79 Å². The Morgan fingerprint density at radius 3 is 2.75 bits per heavy atom. The van der Waals surface area contributed by atoms with Crippen LogP contribution in [0.3, 0.4) is 0 Å². The fraction of sp³-hybridized carbons (Fsp3) is 0.200. The molecule has 1 atom stereocenters. The van der Waals surface area contributed by atoms with Gasteiger partial charge in [-0.15, -0.1) is 11.8 Å². The molecule has 1 aromatic rings. The van der Waals surface area contributed by atoms with Gasteiger partial charge in [-0.2, -0.15) is 0 Å². The molecule has 1 N–H and O–H groups in total. The normalized spacial score (nSPS) is 19.6. The third-order valence-corrected chi connectivity index (χ3v) is 3.94. The number of rotatable bonds is 2. The lowest BCUT2D eigenvalue weighted by atomic mass is 10.2. The Balaban J connectivity index is 2.29. The van der Waals surface area contributed by atoms with E-state index in [-0.39, 0.29) is 0 Å². The number of aliphatic carboxylic acids is 1. The third-order valence-electron chi connectivity index (χ3n) is 2.10. The fourth-order valence-electron chi connectivity index (χ4n) is 1.29. The molecule has 0 fully saturated rings.